The average molecular weight is 390 g/mol. The summed E-state index contributed by atoms with van der Waals surface area (Å²) in [6.45, 7) is 1.78. The molecule has 0 aliphatic carbocycles. The van der Waals surface area contributed by atoms with Crippen LogP contribution in [0.2, 0.25) is 10.0 Å². The Bertz CT molecular complexity index is 846. The zero-order chi connectivity index (χ0) is 19.2. The van der Waals surface area contributed by atoms with E-state index in [9.17, 15) is 14.9 Å². The van der Waals surface area contributed by atoms with Crippen LogP contribution in [0.3, 0.4) is 0 Å². The van der Waals surface area contributed by atoms with Gasteiger partial charge in [-0.05, 0) is 30.7 Å². The Morgan fingerprint density at radius 3 is 2.38 bits per heavy atom. The van der Waals surface area contributed by atoms with Crippen molar-refractivity contribution in [1.29, 1.82) is 5.26 Å². The largest absolute Gasteiger partial charge is 0.465 e. The van der Waals surface area contributed by atoms with Crippen LogP contribution in [0.1, 0.15) is 29.3 Å². The molecule has 2 rings (SSSR count). The van der Waals surface area contributed by atoms with E-state index < -0.39 is 11.4 Å². The predicted octanol–water partition coefficient (Wildman–Crippen LogP) is 4.88. The summed E-state index contributed by atoms with van der Waals surface area (Å²) in [5.41, 5.74) is -0.555. The standard InChI is InChI=1S/C20H17Cl2NO3/c1-2-26-19(25)20(13-23,11-14-6-4-3-5-7-14)12-18(24)15-8-9-16(21)17(22)10-15/h3-10H,2,11-12H2,1H3. The second-order valence-corrected chi connectivity index (χ2v) is 6.62. The minimum Gasteiger partial charge on any atom is -0.465 e. The molecule has 134 valence electrons. The van der Waals surface area contributed by atoms with Gasteiger partial charge < -0.3 is 4.74 Å². The molecule has 0 saturated carbocycles. The van der Waals surface area contributed by atoms with Gasteiger partial charge >= 0.3 is 5.97 Å². The number of benzene rings is 2. The molecule has 0 bridgehead atoms. The smallest absolute Gasteiger partial charge is 0.327 e. The Balaban J connectivity index is 2.36. The topological polar surface area (TPSA) is 67.2 Å². The SMILES string of the molecule is CCOC(=O)C(C#N)(CC(=O)c1ccc(Cl)c(Cl)c1)Cc1ccccc1. The molecule has 2 aromatic carbocycles. The first-order valence-corrected chi connectivity index (χ1v) is 8.78. The normalized spacial score (nSPS) is 12.7. The molecule has 0 saturated heterocycles. The Labute approximate surface area is 162 Å². The van der Waals surface area contributed by atoms with Gasteiger partial charge in [0.25, 0.3) is 0 Å². The van der Waals surface area contributed by atoms with Crippen LogP contribution in [0.15, 0.2) is 48.5 Å². The number of nitrogens with zero attached hydrogens (tertiary/aromatic N) is 1. The molecule has 6 heteroatoms. The molecule has 0 aliphatic rings. The van der Waals surface area contributed by atoms with Gasteiger partial charge in [0.05, 0.1) is 22.7 Å². The van der Waals surface area contributed by atoms with Gasteiger partial charge in [0.2, 0.25) is 0 Å². The number of esters is 1. The molecule has 4 nitrogen and oxygen atoms in total. The summed E-state index contributed by atoms with van der Waals surface area (Å²) < 4.78 is 5.09. The van der Waals surface area contributed by atoms with Crippen molar-refractivity contribution in [3.63, 3.8) is 0 Å². The van der Waals surface area contributed by atoms with Crippen molar-refractivity contribution < 1.29 is 14.3 Å². The average Bonchev–Trinajstić information content (AvgIpc) is 2.64. The first-order chi connectivity index (χ1) is 12.4. The van der Waals surface area contributed by atoms with Crippen molar-refractivity contribution in [3.05, 3.63) is 69.7 Å². The maximum Gasteiger partial charge on any atom is 0.327 e. The van der Waals surface area contributed by atoms with E-state index >= 15 is 0 Å². The highest BCUT2D eigenvalue weighted by molar-refractivity contribution is 6.42. The summed E-state index contributed by atoms with van der Waals surface area (Å²) >= 11 is 11.8. The zero-order valence-electron chi connectivity index (χ0n) is 14.2. The lowest BCUT2D eigenvalue weighted by Gasteiger charge is -2.24. The number of carbonyl (C=O) groups excluding carboxylic acids is 2. The lowest BCUT2D eigenvalue weighted by molar-refractivity contribution is -0.151. The predicted molar refractivity (Wildman–Crippen MR) is 100 cm³/mol. The summed E-state index contributed by atoms with van der Waals surface area (Å²) in [7, 11) is 0. The number of rotatable bonds is 7. The van der Waals surface area contributed by atoms with Crippen molar-refractivity contribution in [1.82, 2.24) is 0 Å². The Kier molecular flexibility index (Phi) is 6.79. The molecule has 1 atom stereocenters. The van der Waals surface area contributed by atoms with Crippen molar-refractivity contribution in [2.75, 3.05) is 6.61 Å². The summed E-state index contributed by atoms with van der Waals surface area (Å²) in [4.78, 5) is 25.3. The lowest BCUT2D eigenvalue weighted by atomic mass is 9.77. The highest BCUT2D eigenvalue weighted by Gasteiger charge is 2.43. The molecule has 0 aromatic heterocycles. The number of ketones is 1. The van der Waals surface area contributed by atoms with E-state index in [-0.39, 0.29) is 35.8 Å². The zero-order valence-corrected chi connectivity index (χ0v) is 15.7. The van der Waals surface area contributed by atoms with Crippen molar-refractivity contribution in [3.8, 4) is 6.07 Å². The van der Waals surface area contributed by atoms with Crippen molar-refractivity contribution >= 4 is 35.0 Å². The van der Waals surface area contributed by atoms with Gasteiger partial charge in [0.15, 0.2) is 11.2 Å². The van der Waals surface area contributed by atoms with Crippen LogP contribution >= 0.6 is 23.2 Å². The van der Waals surface area contributed by atoms with Crippen LogP contribution < -0.4 is 0 Å². The van der Waals surface area contributed by atoms with Crippen LogP contribution in [-0.2, 0) is 16.0 Å². The van der Waals surface area contributed by atoms with Gasteiger partial charge in [0, 0.05) is 18.4 Å². The van der Waals surface area contributed by atoms with Crippen LogP contribution in [0, 0.1) is 16.7 Å². The van der Waals surface area contributed by atoms with E-state index in [1.807, 2.05) is 24.3 Å². The third-order valence-corrected chi connectivity index (χ3v) is 4.67. The van der Waals surface area contributed by atoms with Crippen LogP contribution in [0.4, 0.5) is 0 Å². The summed E-state index contributed by atoms with van der Waals surface area (Å²) in [5.74, 6) is -1.09. The van der Waals surface area contributed by atoms with E-state index in [0.29, 0.717) is 5.02 Å². The molecule has 0 aliphatic heterocycles. The minimum absolute atomic E-state index is 0.0796. The summed E-state index contributed by atoms with van der Waals surface area (Å²) in [6.07, 6.45) is -0.231. The molecule has 2 aromatic rings. The quantitative estimate of drug-likeness (QED) is 0.499. The lowest BCUT2D eigenvalue weighted by Crippen LogP contribution is -2.36. The number of hydrogen-bond donors (Lipinski definition) is 0. The summed E-state index contributed by atoms with van der Waals surface area (Å²) in [5, 5.41) is 10.3. The minimum atomic E-state index is -1.61. The van der Waals surface area contributed by atoms with Gasteiger partial charge in [0.1, 0.15) is 0 Å². The second-order valence-electron chi connectivity index (χ2n) is 5.81. The van der Waals surface area contributed by atoms with E-state index in [1.54, 1.807) is 19.1 Å². The molecule has 0 spiro atoms. The molecule has 0 radical (unpaired) electrons. The van der Waals surface area contributed by atoms with Gasteiger partial charge in [-0.1, -0.05) is 53.5 Å². The molecule has 0 N–H and O–H groups in total. The molecule has 26 heavy (non-hydrogen) atoms. The fourth-order valence-corrected chi connectivity index (χ4v) is 2.89. The van der Waals surface area contributed by atoms with Crippen LogP contribution in [0.5, 0.6) is 0 Å². The highest BCUT2D eigenvalue weighted by atomic mass is 35.5. The van der Waals surface area contributed by atoms with Gasteiger partial charge in [-0.2, -0.15) is 5.26 Å². The first kappa shape index (κ1) is 20.0. The number of hydrogen-bond acceptors (Lipinski definition) is 4. The number of ether oxygens (including phenoxy) is 1. The first-order valence-electron chi connectivity index (χ1n) is 8.02. The third kappa shape index (κ3) is 4.63. The maximum atomic E-state index is 12.7. The molecule has 1 unspecified atom stereocenters. The third-order valence-electron chi connectivity index (χ3n) is 3.93. The van der Waals surface area contributed by atoms with Gasteiger partial charge in [-0.25, -0.2) is 0 Å². The van der Waals surface area contributed by atoms with Crippen molar-refractivity contribution in [2.24, 2.45) is 5.41 Å². The Morgan fingerprint density at radius 1 is 1.12 bits per heavy atom. The van der Waals surface area contributed by atoms with Crippen LogP contribution in [0.25, 0.3) is 0 Å². The molecule has 0 heterocycles. The second kappa shape index (κ2) is 8.84. The van der Waals surface area contributed by atoms with E-state index in [2.05, 4.69) is 0 Å². The van der Waals surface area contributed by atoms with E-state index in [0.717, 1.165) is 5.56 Å². The van der Waals surface area contributed by atoms with E-state index in [4.69, 9.17) is 27.9 Å². The molecule has 0 fully saturated rings. The highest BCUT2D eigenvalue weighted by Crippen LogP contribution is 2.32. The number of nitriles is 1. The van der Waals surface area contributed by atoms with Crippen LogP contribution in [-0.4, -0.2) is 18.4 Å². The fourth-order valence-electron chi connectivity index (χ4n) is 2.59. The monoisotopic (exact) mass is 389 g/mol. The van der Waals surface area contributed by atoms with Gasteiger partial charge in [-0.15, -0.1) is 0 Å². The van der Waals surface area contributed by atoms with Crippen molar-refractivity contribution in [2.45, 2.75) is 19.8 Å². The molecule has 0 amide bonds. The fraction of sp³-hybridized carbons (Fsp3) is 0.250. The number of carbonyl (C=O) groups is 2. The number of halogens is 2. The summed E-state index contributed by atoms with van der Waals surface area (Å²) in [6, 6.07) is 15.5. The number of Topliss-reactive ketones (excluding diaryl/α,β-unsaturated/α-hetero) is 1. The molecular formula is C20H17Cl2NO3. The van der Waals surface area contributed by atoms with Gasteiger partial charge in [-0.3, -0.25) is 9.59 Å². The Morgan fingerprint density at radius 2 is 1.81 bits per heavy atom. The molecular weight excluding hydrogens is 373 g/mol. The maximum absolute atomic E-state index is 12.7. The Hall–Kier alpha value is -2.35. The van der Waals surface area contributed by atoms with E-state index in [1.165, 1.54) is 18.2 Å².